The van der Waals surface area contributed by atoms with Gasteiger partial charge >= 0.3 is 0 Å². The highest BCUT2D eigenvalue weighted by molar-refractivity contribution is 6.10. The first-order valence-corrected chi connectivity index (χ1v) is 8.88. The largest absolute Gasteiger partial charge is 0.356 e. The fourth-order valence-corrected chi connectivity index (χ4v) is 3.09. The molecule has 3 amide bonds. The van der Waals surface area contributed by atoms with Crippen LogP contribution in [-0.2, 0) is 16.0 Å². The van der Waals surface area contributed by atoms with Gasteiger partial charge in [0.25, 0.3) is 5.91 Å². The Hall–Kier alpha value is -3.75. The van der Waals surface area contributed by atoms with Crippen molar-refractivity contribution in [1.82, 2.24) is 25.2 Å². The van der Waals surface area contributed by atoms with Gasteiger partial charge in [0.1, 0.15) is 11.9 Å². The third kappa shape index (κ3) is 3.54. The number of aromatic nitrogens is 3. The molecule has 0 saturated heterocycles. The van der Waals surface area contributed by atoms with E-state index in [1.54, 1.807) is 24.3 Å². The normalized spacial score (nSPS) is 16.1. The highest BCUT2D eigenvalue weighted by Crippen LogP contribution is 2.18. The van der Waals surface area contributed by atoms with Gasteiger partial charge in [-0.2, -0.15) is 0 Å². The highest BCUT2D eigenvalue weighted by atomic mass is 16.2. The lowest BCUT2D eigenvalue weighted by Gasteiger charge is -2.14. The Morgan fingerprint density at radius 3 is 2.82 bits per heavy atom. The average molecular weight is 378 g/mol. The Morgan fingerprint density at radius 2 is 1.93 bits per heavy atom. The van der Waals surface area contributed by atoms with Crippen molar-refractivity contribution in [2.45, 2.75) is 18.9 Å². The SMILES string of the molecule is O=C(C[C@H]1NC(=O)c2ccccc2NC1=O)NCCc1nnc2ccccn12. The molecule has 1 aliphatic heterocycles. The third-order valence-electron chi connectivity index (χ3n) is 4.50. The summed E-state index contributed by atoms with van der Waals surface area (Å²) in [5.74, 6) is -0.411. The molecule has 4 rings (SSSR count). The maximum atomic E-state index is 12.3. The van der Waals surface area contributed by atoms with Gasteiger partial charge in [0, 0.05) is 19.2 Å². The Balaban J connectivity index is 1.34. The van der Waals surface area contributed by atoms with E-state index in [0.29, 0.717) is 24.2 Å². The number of amides is 3. The molecule has 1 aromatic carbocycles. The van der Waals surface area contributed by atoms with E-state index in [1.165, 1.54) is 0 Å². The molecule has 9 nitrogen and oxygen atoms in total. The number of para-hydroxylation sites is 1. The molecule has 0 unspecified atom stereocenters. The van der Waals surface area contributed by atoms with Crippen LogP contribution in [0.15, 0.2) is 48.7 Å². The summed E-state index contributed by atoms with van der Waals surface area (Å²) in [6.07, 6.45) is 2.20. The average Bonchev–Trinajstić information content (AvgIpc) is 3.06. The Bertz CT molecular complexity index is 1060. The minimum absolute atomic E-state index is 0.147. The molecule has 0 aliphatic carbocycles. The van der Waals surface area contributed by atoms with Gasteiger partial charge in [0.15, 0.2) is 5.65 Å². The van der Waals surface area contributed by atoms with Crippen molar-refractivity contribution in [3.8, 4) is 0 Å². The van der Waals surface area contributed by atoms with Crippen LogP contribution in [0.4, 0.5) is 5.69 Å². The molecule has 9 heteroatoms. The number of pyridine rings is 1. The molecule has 3 heterocycles. The van der Waals surface area contributed by atoms with E-state index in [9.17, 15) is 14.4 Å². The van der Waals surface area contributed by atoms with E-state index in [1.807, 2.05) is 28.8 Å². The molecule has 1 atom stereocenters. The Kier molecular flexibility index (Phi) is 4.71. The van der Waals surface area contributed by atoms with Crippen molar-refractivity contribution in [2.75, 3.05) is 11.9 Å². The van der Waals surface area contributed by atoms with Crippen molar-refractivity contribution < 1.29 is 14.4 Å². The number of fused-ring (bicyclic) bond motifs is 2. The van der Waals surface area contributed by atoms with Gasteiger partial charge in [-0.05, 0) is 24.3 Å². The van der Waals surface area contributed by atoms with Crippen molar-refractivity contribution in [2.24, 2.45) is 0 Å². The van der Waals surface area contributed by atoms with Gasteiger partial charge in [-0.25, -0.2) is 0 Å². The second-order valence-corrected chi connectivity index (χ2v) is 6.41. The molecule has 0 fully saturated rings. The summed E-state index contributed by atoms with van der Waals surface area (Å²) in [5.41, 5.74) is 1.55. The number of nitrogens with zero attached hydrogens (tertiary/aromatic N) is 3. The van der Waals surface area contributed by atoms with E-state index >= 15 is 0 Å². The summed E-state index contributed by atoms with van der Waals surface area (Å²) in [4.78, 5) is 36.9. The maximum absolute atomic E-state index is 12.3. The first kappa shape index (κ1) is 17.7. The monoisotopic (exact) mass is 378 g/mol. The zero-order valence-corrected chi connectivity index (χ0v) is 14.9. The summed E-state index contributed by atoms with van der Waals surface area (Å²) in [6.45, 7) is 0.344. The number of rotatable bonds is 5. The molecule has 1 aliphatic rings. The minimum Gasteiger partial charge on any atom is -0.356 e. The zero-order chi connectivity index (χ0) is 19.5. The minimum atomic E-state index is -0.936. The second kappa shape index (κ2) is 7.47. The smallest absolute Gasteiger partial charge is 0.254 e. The molecule has 3 N–H and O–H groups in total. The van der Waals surface area contributed by atoms with Crippen LogP contribution < -0.4 is 16.0 Å². The summed E-state index contributed by atoms with van der Waals surface area (Å²) in [6, 6.07) is 11.4. The van der Waals surface area contributed by atoms with Gasteiger partial charge < -0.3 is 16.0 Å². The van der Waals surface area contributed by atoms with Crippen LogP contribution in [0.25, 0.3) is 5.65 Å². The van der Waals surface area contributed by atoms with E-state index in [-0.39, 0.29) is 18.2 Å². The molecule has 3 aromatic rings. The standard InChI is InChI=1S/C19H18N6O3/c26-17(20-9-8-16-24-23-15-7-3-4-10-25(15)16)11-14-19(28)21-13-6-2-1-5-12(13)18(27)22-14/h1-7,10,14H,8-9,11H2,(H,20,26)(H,21,28)(H,22,27)/t14-/m1/s1. The molecule has 0 saturated carbocycles. The highest BCUT2D eigenvalue weighted by Gasteiger charge is 2.29. The quantitative estimate of drug-likeness (QED) is 0.599. The molecule has 0 spiro atoms. The molecule has 0 radical (unpaired) electrons. The van der Waals surface area contributed by atoms with Crippen LogP contribution in [-0.4, -0.2) is 44.9 Å². The lowest BCUT2D eigenvalue weighted by atomic mass is 10.1. The van der Waals surface area contributed by atoms with Gasteiger partial charge in [-0.3, -0.25) is 18.8 Å². The van der Waals surface area contributed by atoms with Crippen LogP contribution in [0, 0.1) is 0 Å². The van der Waals surface area contributed by atoms with Crippen molar-refractivity contribution in [1.29, 1.82) is 0 Å². The molecule has 142 valence electrons. The topological polar surface area (TPSA) is 117 Å². The third-order valence-corrected chi connectivity index (χ3v) is 4.50. The Labute approximate surface area is 160 Å². The fourth-order valence-electron chi connectivity index (χ4n) is 3.09. The Morgan fingerprint density at radius 1 is 1.11 bits per heavy atom. The van der Waals surface area contributed by atoms with Gasteiger partial charge in [-0.1, -0.05) is 18.2 Å². The number of carbonyl (C=O) groups excluding carboxylic acids is 3. The summed E-state index contributed by atoms with van der Waals surface area (Å²) < 4.78 is 1.85. The van der Waals surface area contributed by atoms with Gasteiger partial charge in [-0.15, -0.1) is 10.2 Å². The first-order valence-electron chi connectivity index (χ1n) is 8.88. The molecule has 28 heavy (non-hydrogen) atoms. The number of hydrogen-bond acceptors (Lipinski definition) is 5. The fraction of sp³-hybridized carbons (Fsp3) is 0.211. The van der Waals surface area contributed by atoms with Crippen LogP contribution in [0.2, 0.25) is 0 Å². The van der Waals surface area contributed by atoms with E-state index in [4.69, 9.17) is 0 Å². The first-order chi connectivity index (χ1) is 13.6. The van der Waals surface area contributed by atoms with E-state index in [2.05, 4.69) is 26.1 Å². The number of nitrogens with one attached hydrogen (secondary N) is 3. The van der Waals surface area contributed by atoms with Gasteiger partial charge in [0.2, 0.25) is 11.8 Å². The second-order valence-electron chi connectivity index (χ2n) is 6.41. The van der Waals surface area contributed by atoms with Crippen molar-refractivity contribution in [3.63, 3.8) is 0 Å². The van der Waals surface area contributed by atoms with Crippen LogP contribution in [0.3, 0.4) is 0 Å². The van der Waals surface area contributed by atoms with E-state index in [0.717, 1.165) is 11.5 Å². The number of anilines is 1. The van der Waals surface area contributed by atoms with E-state index < -0.39 is 11.9 Å². The molecular weight excluding hydrogens is 360 g/mol. The summed E-state index contributed by atoms with van der Waals surface area (Å²) in [7, 11) is 0. The summed E-state index contributed by atoms with van der Waals surface area (Å²) in [5, 5.41) is 16.2. The zero-order valence-electron chi connectivity index (χ0n) is 14.9. The van der Waals surface area contributed by atoms with Crippen LogP contribution >= 0.6 is 0 Å². The number of carbonyl (C=O) groups is 3. The molecule has 0 bridgehead atoms. The lowest BCUT2D eigenvalue weighted by Crippen LogP contribution is -2.44. The number of hydrogen-bond donors (Lipinski definition) is 3. The van der Waals surface area contributed by atoms with Crippen molar-refractivity contribution >= 4 is 29.1 Å². The van der Waals surface area contributed by atoms with Gasteiger partial charge in [0.05, 0.1) is 17.7 Å². The van der Waals surface area contributed by atoms with Crippen LogP contribution in [0.1, 0.15) is 22.6 Å². The van der Waals surface area contributed by atoms with Crippen molar-refractivity contribution in [3.05, 3.63) is 60.0 Å². The lowest BCUT2D eigenvalue weighted by molar-refractivity contribution is -0.125. The maximum Gasteiger partial charge on any atom is 0.254 e. The molecular formula is C19H18N6O3. The number of benzene rings is 1. The predicted octanol–water partition coefficient (Wildman–Crippen LogP) is 0.529. The molecule has 2 aromatic heterocycles. The van der Waals surface area contributed by atoms with Crippen LogP contribution in [0.5, 0.6) is 0 Å². The summed E-state index contributed by atoms with van der Waals surface area (Å²) >= 11 is 0. The predicted molar refractivity (Wildman–Crippen MR) is 101 cm³/mol.